The van der Waals surface area contributed by atoms with Gasteiger partial charge in [-0.3, -0.25) is 0 Å². The van der Waals surface area contributed by atoms with Crippen LogP contribution in [-0.4, -0.2) is 0 Å². The van der Waals surface area contributed by atoms with Crippen LogP contribution in [0.3, 0.4) is 0 Å². The van der Waals surface area contributed by atoms with E-state index in [2.05, 4.69) is 109 Å². The molecule has 0 atom stereocenters. The van der Waals surface area contributed by atoms with E-state index < -0.39 is 0 Å². The first-order chi connectivity index (χ1) is 22.7. The van der Waals surface area contributed by atoms with Gasteiger partial charge in [0.15, 0.2) is 0 Å². The Labute approximate surface area is 265 Å². The predicted octanol–water partition coefficient (Wildman–Crippen LogP) is 12.0. The van der Waals surface area contributed by atoms with E-state index >= 15 is 0 Å². The lowest BCUT2D eigenvalue weighted by molar-refractivity contribution is 0.669. The first kappa shape index (κ1) is 26.1. The van der Waals surface area contributed by atoms with Crippen molar-refractivity contribution in [1.82, 2.24) is 0 Å². The van der Waals surface area contributed by atoms with Crippen LogP contribution >= 0.6 is 0 Å². The van der Waals surface area contributed by atoms with Gasteiger partial charge in [-0.15, -0.1) is 0 Å². The lowest BCUT2D eigenvalue weighted by Crippen LogP contribution is -1.87. The van der Waals surface area contributed by atoms with Gasteiger partial charge in [0.2, 0.25) is 0 Å². The van der Waals surface area contributed by atoms with Crippen molar-refractivity contribution in [3.8, 4) is 50.6 Å². The van der Waals surface area contributed by atoms with Gasteiger partial charge in [-0.25, -0.2) is 0 Å². The van der Waals surface area contributed by atoms with Crippen molar-refractivity contribution in [3.05, 3.63) is 157 Å². The second kappa shape index (κ2) is 10.4. The van der Waals surface area contributed by atoms with E-state index in [-0.39, 0.29) is 0 Å². The Hall–Kier alpha value is -6.37. The molecule has 3 nitrogen and oxygen atoms in total. The second-order valence-electron chi connectivity index (χ2n) is 11.6. The maximum Gasteiger partial charge on any atom is 0.143 e. The fraction of sp³-hybridized carbons (Fsp3) is 0. The molecular formula is C43H25NO2. The topological polar surface area (TPSA) is 50.1 Å². The molecule has 0 fully saturated rings. The summed E-state index contributed by atoms with van der Waals surface area (Å²) in [7, 11) is 0. The van der Waals surface area contributed by atoms with E-state index in [0.29, 0.717) is 5.56 Å². The highest BCUT2D eigenvalue weighted by Gasteiger charge is 2.14. The molecule has 0 aliphatic heterocycles. The molecule has 0 saturated carbocycles. The molecule has 0 spiro atoms. The smallest absolute Gasteiger partial charge is 0.143 e. The first-order valence-corrected chi connectivity index (χ1v) is 15.3. The normalized spacial score (nSPS) is 11.5. The Morgan fingerprint density at radius 2 is 0.848 bits per heavy atom. The SMILES string of the molecule is N#Cc1cc(-c2ccc(-c3cccc4c3oc3ccccc34)cc2)cc(-c2cccc(-c3cccc4c3oc3ccccc34)c2)c1. The van der Waals surface area contributed by atoms with Crippen LogP contribution in [0.1, 0.15) is 5.56 Å². The zero-order valence-corrected chi connectivity index (χ0v) is 24.7. The van der Waals surface area contributed by atoms with Crippen LogP contribution < -0.4 is 0 Å². The summed E-state index contributed by atoms with van der Waals surface area (Å²) in [5.74, 6) is 0. The zero-order valence-electron chi connectivity index (χ0n) is 24.7. The minimum absolute atomic E-state index is 0.619. The van der Waals surface area contributed by atoms with Gasteiger partial charge in [0, 0.05) is 32.7 Å². The molecule has 0 aliphatic rings. The molecule has 9 aromatic rings. The number of rotatable bonds is 4. The van der Waals surface area contributed by atoms with Crippen molar-refractivity contribution in [1.29, 1.82) is 5.26 Å². The van der Waals surface area contributed by atoms with E-state index in [1.54, 1.807) is 0 Å². The third kappa shape index (κ3) is 4.20. The molecule has 0 amide bonds. The van der Waals surface area contributed by atoms with Gasteiger partial charge in [-0.1, -0.05) is 115 Å². The van der Waals surface area contributed by atoms with E-state index in [9.17, 15) is 5.26 Å². The molecule has 2 heterocycles. The summed E-state index contributed by atoms with van der Waals surface area (Å²) in [6.07, 6.45) is 0. The molecule has 46 heavy (non-hydrogen) atoms. The van der Waals surface area contributed by atoms with Crippen LogP contribution in [0.15, 0.2) is 160 Å². The van der Waals surface area contributed by atoms with E-state index in [1.807, 2.05) is 48.5 Å². The molecule has 7 aromatic carbocycles. The fourth-order valence-electron chi connectivity index (χ4n) is 6.68. The Morgan fingerprint density at radius 3 is 1.48 bits per heavy atom. The van der Waals surface area contributed by atoms with E-state index in [1.165, 1.54) is 0 Å². The van der Waals surface area contributed by atoms with Crippen molar-refractivity contribution in [2.24, 2.45) is 0 Å². The first-order valence-electron chi connectivity index (χ1n) is 15.3. The second-order valence-corrected chi connectivity index (χ2v) is 11.6. The molecule has 3 heteroatoms. The van der Waals surface area contributed by atoms with Crippen LogP contribution in [0.2, 0.25) is 0 Å². The summed E-state index contributed by atoms with van der Waals surface area (Å²) in [6.45, 7) is 0. The van der Waals surface area contributed by atoms with Crippen molar-refractivity contribution in [2.45, 2.75) is 0 Å². The van der Waals surface area contributed by atoms with Crippen LogP contribution in [-0.2, 0) is 0 Å². The Bertz CT molecular complexity index is 2650. The molecule has 9 rings (SSSR count). The molecule has 0 bridgehead atoms. The van der Waals surface area contributed by atoms with Gasteiger partial charge < -0.3 is 8.83 Å². The van der Waals surface area contributed by atoms with E-state index in [0.717, 1.165) is 88.4 Å². The number of nitriles is 1. The van der Waals surface area contributed by atoms with Crippen molar-refractivity contribution in [2.75, 3.05) is 0 Å². The van der Waals surface area contributed by atoms with Gasteiger partial charge in [0.25, 0.3) is 0 Å². The summed E-state index contributed by atoms with van der Waals surface area (Å²) in [6, 6.07) is 54.3. The van der Waals surface area contributed by atoms with Crippen LogP contribution in [0.25, 0.3) is 88.4 Å². The Morgan fingerprint density at radius 1 is 0.370 bits per heavy atom. The lowest BCUT2D eigenvalue weighted by atomic mass is 9.93. The fourth-order valence-corrected chi connectivity index (χ4v) is 6.68. The summed E-state index contributed by atoms with van der Waals surface area (Å²) < 4.78 is 12.6. The quantitative estimate of drug-likeness (QED) is 0.206. The molecule has 0 unspecified atom stereocenters. The van der Waals surface area contributed by atoms with Gasteiger partial charge in [-0.05, 0) is 69.8 Å². The highest BCUT2D eigenvalue weighted by molar-refractivity contribution is 6.10. The molecule has 0 N–H and O–H groups in total. The lowest BCUT2D eigenvalue weighted by Gasteiger charge is -2.11. The van der Waals surface area contributed by atoms with Gasteiger partial charge in [-0.2, -0.15) is 5.26 Å². The monoisotopic (exact) mass is 587 g/mol. The number of nitrogens with zero attached hydrogens (tertiary/aromatic N) is 1. The van der Waals surface area contributed by atoms with Gasteiger partial charge >= 0.3 is 0 Å². The van der Waals surface area contributed by atoms with Crippen molar-refractivity contribution >= 4 is 43.9 Å². The molecule has 214 valence electrons. The standard InChI is InChI=1S/C43H25NO2/c44-26-27-22-32(28-18-20-29(21-19-28)34-12-6-14-38-36-10-1-3-16-40(36)45-42(34)38)25-33(23-27)30-8-5-9-31(24-30)35-13-7-15-39-37-11-2-4-17-41(37)46-43(35)39/h1-25H. The minimum Gasteiger partial charge on any atom is -0.455 e. The number of benzene rings is 7. The number of fused-ring (bicyclic) bond motifs is 6. The molecular weight excluding hydrogens is 562 g/mol. The Balaban J connectivity index is 1.10. The maximum atomic E-state index is 9.98. The molecule has 0 saturated heterocycles. The third-order valence-corrected chi connectivity index (χ3v) is 8.91. The van der Waals surface area contributed by atoms with E-state index in [4.69, 9.17) is 8.83 Å². The predicted molar refractivity (Wildman–Crippen MR) is 187 cm³/mol. The number of furan rings is 2. The molecule has 0 aliphatic carbocycles. The number of para-hydroxylation sites is 4. The van der Waals surface area contributed by atoms with Crippen molar-refractivity contribution in [3.63, 3.8) is 0 Å². The highest BCUT2D eigenvalue weighted by Crippen LogP contribution is 2.39. The maximum absolute atomic E-state index is 9.98. The van der Waals surface area contributed by atoms with Crippen LogP contribution in [0.5, 0.6) is 0 Å². The minimum atomic E-state index is 0.619. The number of hydrogen-bond donors (Lipinski definition) is 0. The summed E-state index contributed by atoms with van der Waals surface area (Å²) in [5.41, 5.74) is 12.5. The Kier molecular flexibility index (Phi) is 5.88. The summed E-state index contributed by atoms with van der Waals surface area (Å²) in [5, 5.41) is 14.4. The highest BCUT2D eigenvalue weighted by atomic mass is 16.3. The van der Waals surface area contributed by atoms with Crippen molar-refractivity contribution < 1.29 is 8.83 Å². The zero-order chi connectivity index (χ0) is 30.6. The van der Waals surface area contributed by atoms with Gasteiger partial charge in [0.1, 0.15) is 22.3 Å². The summed E-state index contributed by atoms with van der Waals surface area (Å²) in [4.78, 5) is 0. The average molecular weight is 588 g/mol. The number of hydrogen-bond acceptors (Lipinski definition) is 3. The summed E-state index contributed by atoms with van der Waals surface area (Å²) >= 11 is 0. The molecule has 0 radical (unpaired) electrons. The largest absolute Gasteiger partial charge is 0.455 e. The van der Waals surface area contributed by atoms with Crippen LogP contribution in [0, 0.1) is 11.3 Å². The van der Waals surface area contributed by atoms with Crippen LogP contribution in [0.4, 0.5) is 0 Å². The average Bonchev–Trinajstić information content (AvgIpc) is 3.70. The molecule has 2 aromatic heterocycles. The third-order valence-electron chi connectivity index (χ3n) is 8.91. The van der Waals surface area contributed by atoms with Gasteiger partial charge in [0.05, 0.1) is 11.6 Å².